The van der Waals surface area contributed by atoms with Crippen LogP contribution in [0.15, 0.2) is 0 Å². The molecule has 1 saturated heterocycles. The summed E-state index contributed by atoms with van der Waals surface area (Å²) in [4.78, 5) is 13.0. The molecule has 2 amide bonds. The minimum atomic E-state index is -4.65. The van der Waals surface area contributed by atoms with E-state index in [1.54, 1.807) is 6.92 Å². The van der Waals surface area contributed by atoms with Crippen molar-refractivity contribution in [1.82, 2.24) is 19.7 Å². The van der Waals surface area contributed by atoms with Gasteiger partial charge in [-0.25, -0.2) is 9.44 Å². The second kappa shape index (κ2) is 6.01. The average Bonchev–Trinajstić information content (AvgIpc) is 2.86. The minimum Gasteiger partial charge on any atom is -1.00 e. The van der Waals surface area contributed by atoms with Crippen LogP contribution in [-0.4, -0.2) is 40.8 Å². The zero-order valence-corrected chi connectivity index (χ0v) is 14.2. The molecule has 2 rings (SSSR count). The maximum Gasteiger partial charge on any atom is 1.00 e. The molecule has 1 aliphatic rings. The molecule has 19 heavy (non-hydrogen) atoms. The summed E-state index contributed by atoms with van der Waals surface area (Å²) in [5.41, 5.74) is 0. The van der Waals surface area contributed by atoms with Crippen LogP contribution in [0.3, 0.4) is 0 Å². The summed E-state index contributed by atoms with van der Waals surface area (Å²) in [6, 6.07) is -0.789. The Bertz CT molecular complexity index is 489. The first-order chi connectivity index (χ1) is 8.29. The molecule has 1 aromatic rings. The van der Waals surface area contributed by atoms with E-state index in [1.807, 2.05) is 0 Å². The summed E-state index contributed by atoms with van der Waals surface area (Å²) >= 11 is 0.117. The molecule has 0 radical (unpaired) electrons. The fourth-order valence-electron chi connectivity index (χ4n) is 1.63. The van der Waals surface area contributed by atoms with Crippen LogP contribution >= 0.6 is 11.3 Å². The first kappa shape index (κ1) is 17.4. The van der Waals surface area contributed by atoms with E-state index in [2.05, 4.69) is 10.2 Å². The van der Waals surface area contributed by atoms with Crippen molar-refractivity contribution in [3.8, 4) is 0 Å². The molecule has 6 nitrogen and oxygen atoms in total. The first-order valence-corrected chi connectivity index (χ1v) is 5.90. The van der Waals surface area contributed by atoms with E-state index in [-0.39, 0.29) is 77.2 Å². The molecular weight excluding hydrogens is 312 g/mol. The summed E-state index contributed by atoms with van der Waals surface area (Å²) < 4.78 is 35.6. The molecule has 2 heterocycles. The van der Waals surface area contributed by atoms with Gasteiger partial charge in [0.25, 0.3) is 0 Å². The summed E-state index contributed by atoms with van der Waals surface area (Å²) in [5.74, 6) is 0. The van der Waals surface area contributed by atoms with Crippen LogP contribution in [0.2, 0.25) is 0 Å². The molecule has 0 bridgehead atoms. The Labute approximate surface area is 154 Å². The fraction of sp³-hybridized carbons (Fsp3) is 0.625. The van der Waals surface area contributed by atoms with Gasteiger partial charge in [-0.2, -0.15) is 13.2 Å². The van der Waals surface area contributed by atoms with Crippen molar-refractivity contribution in [2.24, 2.45) is 0 Å². The number of halogens is 3. The largest absolute Gasteiger partial charge is 1.00 e. The number of hydrogen-bond donors (Lipinski definition) is 0. The van der Waals surface area contributed by atoms with Gasteiger partial charge in [0.1, 0.15) is 6.54 Å². The predicted octanol–water partition coefficient (Wildman–Crippen LogP) is -1.07. The average molecular weight is 322 g/mol. The van der Waals surface area contributed by atoms with E-state index in [4.69, 9.17) is 0 Å². The van der Waals surface area contributed by atoms with Gasteiger partial charge in [-0.1, -0.05) is 5.10 Å². The Balaban J connectivity index is 0.00000180. The Morgan fingerprint density at radius 3 is 2.58 bits per heavy atom. The molecule has 1 atom stereocenters. The third-order valence-electron chi connectivity index (χ3n) is 2.61. The quantitative estimate of drug-likeness (QED) is 0.395. The van der Waals surface area contributed by atoms with E-state index >= 15 is 0 Å². The van der Waals surface area contributed by atoms with Crippen molar-refractivity contribution >= 4 is 22.5 Å². The van der Waals surface area contributed by atoms with Gasteiger partial charge in [-0.05, 0) is 18.3 Å². The summed E-state index contributed by atoms with van der Waals surface area (Å²) in [5, 5.41) is 16.7. The molecule has 0 aromatic carbocycles. The Morgan fingerprint density at radius 1 is 1.53 bits per heavy atom. The van der Waals surface area contributed by atoms with Gasteiger partial charge in [-0.15, -0.1) is 5.10 Å². The summed E-state index contributed by atoms with van der Waals surface area (Å²) in [6.45, 7) is 2.10. The fourth-order valence-corrected chi connectivity index (χ4v) is 2.40. The number of amides is 2. The van der Waals surface area contributed by atoms with Crippen LogP contribution in [0.5, 0.6) is 0 Å². The van der Waals surface area contributed by atoms with E-state index in [1.165, 1.54) is 4.90 Å². The van der Waals surface area contributed by atoms with Crippen molar-refractivity contribution in [2.45, 2.75) is 13.1 Å². The Morgan fingerprint density at radius 2 is 2.16 bits per heavy atom. The van der Waals surface area contributed by atoms with Gasteiger partial charge in [0, 0.05) is 6.54 Å². The van der Waals surface area contributed by atoms with Crippen molar-refractivity contribution in [3.63, 3.8) is 0 Å². The molecular formula is C8H10F3KN4O2S. The zero-order valence-electron chi connectivity index (χ0n) is 11.3. The Kier molecular flexibility index (Phi) is 5.52. The maximum atomic E-state index is 12.4. The van der Waals surface area contributed by atoms with Crippen LogP contribution in [0.25, 0.3) is 0 Å². The van der Waals surface area contributed by atoms with Crippen LogP contribution in [0, 0.1) is 5.21 Å². The molecule has 1 aromatic heterocycles. The standard InChI is InChI=1S/C8H9F3N4O2S.K.H/c1-2-14-3-4-15(17,7(14)16)6-13-12-5(18-6)8(9,10)11;;/h2-4H2,1H3;;/q;+1;-1. The third-order valence-corrected chi connectivity index (χ3v) is 3.68. The van der Waals surface area contributed by atoms with E-state index in [0.717, 1.165) is 0 Å². The SMILES string of the molecule is CCN1CC[N+]([O-])(c2nnc(C(F)(F)F)s2)C1=O.[H-].[K+]. The van der Waals surface area contributed by atoms with Crippen molar-refractivity contribution in [1.29, 1.82) is 0 Å². The summed E-state index contributed by atoms with van der Waals surface area (Å²) in [7, 11) is 0. The summed E-state index contributed by atoms with van der Waals surface area (Å²) in [6.07, 6.45) is -4.65. The zero-order chi connectivity index (χ0) is 13.6. The number of urea groups is 1. The number of quaternary nitrogens is 1. The second-order valence-corrected chi connectivity index (χ2v) is 4.67. The molecule has 0 aliphatic carbocycles. The first-order valence-electron chi connectivity index (χ1n) is 5.09. The number of likely N-dealkylation sites (N-methyl/N-ethyl adjacent to an activating group) is 1. The topological polar surface area (TPSA) is 69.2 Å². The molecule has 1 aliphatic heterocycles. The molecule has 1 fully saturated rings. The molecule has 0 saturated carbocycles. The normalized spacial score (nSPS) is 23.6. The third kappa shape index (κ3) is 3.18. The van der Waals surface area contributed by atoms with Gasteiger partial charge < -0.3 is 6.63 Å². The number of rotatable bonds is 2. The number of aromatic nitrogens is 2. The number of carbonyl (C=O) groups excluding carboxylic acids is 1. The molecule has 0 N–H and O–H groups in total. The number of carbonyl (C=O) groups is 1. The van der Waals surface area contributed by atoms with E-state index in [9.17, 15) is 23.2 Å². The van der Waals surface area contributed by atoms with Gasteiger partial charge in [0.2, 0.25) is 5.01 Å². The smallest absolute Gasteiger partial charge is 1.00 e. The number of hydroxylamine groups is 2. The predicted molar refractivity (Wildman–Crippen MR) is 58.7 cm³/mol. The van der Waals surface area contributed by atoms with Gasteiger partial charge in [0.05, 0.1) is 6.54 Å². The number of alkyl halides is 3. The monoisotopic (exact) mass is 322 g/mol. The van der Waals surface area contributed by atoms with Gasteiger partial charge in [0.15, 0.2) is 0 Å². The second-order valence-electron chi connectivity index (χ2n) is 3.71. The molecule has 0 spiro atoms. The maximum absolute atomic E-state index is 12.4. The number of nitrogens with zero attached hydrogens (tertiary/aromatic N) is 4. The van der Waals surface area contributed by atoms with Gasteiger partial charge >= 0.3 is 68.7 Å². The van der Waals surface area contributed by atoms with Crippen LogP contribution in [0.4, 0.5) is 23.1 Å². The molecule has 1 unspecified atom stereocenters. The Hall–Kier alpha value is 0.376. The van der Waals surface area contributed by atoms with E-state index in [0.29, 0.717) is 6.54 Å². The van der Waals surface area contributed by atoms with Crippen LogP contribution in [-0.2, 0) is 6.18 Å². The van der Waals surface area contributed by atoms with Crippen molar-refractivity contribution in [2.75, 3.05) is 19.6 Å². The van der Waals surface area contributed by atoms with Crippen molar-refractivity contribution < 1.29 is 70.8 Å². The van der Waals surface area contributed by atoms with Gasteiger partial charge in [-0.3, -0.25) is 4.90 Å². The van der Waals surface area contributed by atoms with Crippen LogP contribution < -0.4 is 56.0 Å². The number of hydrogen-bond acceptors (Lipinski definition) is 5. The van der Waals surface area contributed by atoms with E-state index < -0.39 is 27.0 Å². The molecule has 102 valence electrons. The van der Waals surface area contributed by atoms with Crippen molar-refractivity contribution in [3.05, 3.63) is 10.2 Å². The van der Waals surface area contributed by atoms with Crippen LogP contribution in [0.1, 0.15) is 13.4 Å². The molecule has 11 heteroatoms. The minimum absolute atomic E-state index is 0.